The molecule has 0 amide bonds. The molecule has 4 nitrogen and oxygen atoms in total. The zero-order valence-electron chi connectivity index (χ0n) is 9.79. The number of pyridine rings is 1. The maximum Gasteiger partial charge on any atom is 0.142 e. The third-order valence-electron chi connectivity index (χ3n) is 3.28. The molecule has 0 aromatic carbocycles. The van der Waals surface area contributed by atoms with Gasteiger partial charge in [-0.05, 0) is 31.9 Å². The summed E-state index contributed by atoms with van der Waals surface area (Å²) >= 11 is 0. The minimum Gasteiger partial charge on any atom is -0.365 e. The number of anilines is 2. The summed E-state index contributed by atoms with van der Waals surface area (Å²) in [5.74, 6) is 6.95. The van der Waals surface area contributed by atoms with Crippen LogP contribution in [-0.4, -0.2) is 10.5 Å². The van der Waals surface area contributed by atoms with Gasteiger partial charge in [0.05, 0.1) is 0 Å². The number of rotatable bonds is 3. The predicted molar refractivity (Wildman–Crippen MR) is 67.2 cm³/mol. The molecule has 4 heteroatoms. The van der Waals surface area contributed by atoms with E-state index in [-0.39, 0.29) is 5.54 Å². The molecule has 1 aromatic rings. The lowest BCUT2D eigenvalue weighted by molar-refractivity contribution is 0.348. The number of nitrogen functional groups attached to an aromatic ring is 1. The first-order valence-electron chi connectivity index (χ1n) is 5.94. The van der Waals surface area contributed by atoms with E-state index in [1.165, 1.54) is 32.1 Å². The summed E-state index contributed by atoms with van der Waals surface area (Å²) in [5.41, 5.74) is 2.76. The molecule has 88 valence electrons. The SMILES string of the molecule is CC1(Nc2cccc(NN)n2)CCCCC1. The Kier molecular flexibility index (Phi) is 3.29. The maximum absolute atomic E-state index is 5.34. The lowest BCUT2D eigenvalue weighted by atomic mass is 9.83. The molecule has 0 bridgehead atoms. The molecule has 2 rings (SSSR count). The van der Waals surface area contributed by atoms with Crippen molar-refractivity contribution in [1.82, 2.24) is 4.98 Å². The fraction of sp³-hybridized carbons (Fsp3) is 0.583. The Bertz CT molecular complexity index is 345. The molecule has 1 aliphatic rings. The number of hydrazine groups is 1. The van der Waals surface area contributed by atoms with Crippen molar-refractivity contribution in [2.45, 2.75) is 44.6 Å². The van der Waals surface area contributed by atoms with Gasteiger partial charge in [0.1, 0.15) is 11.6 Å². The normalized spacial score (nSPS) is 19.1. The van der Waals surface area contributed by atoms with E-state index in [4.69, 9.17) is 5.84 Å². The van der Waals surface area contributed by atoms with Gasteiger partial charge in [-0.3, -0.25) is 0 Å². The van der Waals surface area contributed by atoms with Crippen LogP contribution in [0.15, 0.2) is 18.2 Å². The van der Waals surface area contributed by atoms with E-state index in [1.807, 2.05) is 18.2 Å². The Morgan fingerprint density at radius 3 is 2.56 bits per heavy atom. The molecular weight excluding hydrogens is 200 g/mol. The largest absolute Gasteiger partial charge is 0.365 e. The molecule has 1 aromatic heterocycles. The minimum atomic E-state index is 0.193. The molecular formula is C12H20N4. The van der Waals surface area contributed by atoms with Gasteiger partial charge in [-0.15, -0.1) is 0 Å². The number of nitrogens with one attached hydrogen (secondary N) is 2. The van der Waals surface area contributed by atoms with Crippen molar-refractivity contribution in [2.75, 3.05) is 10.7 Å². The zero-order chi connectivity index (χ0) is 11.4. The van der Waals surface area contributed by atoms with Gasteiger partial charge >= 0.3 is 0 Å². The number of hydrogen-bond donors (Lipinski definition) is 3. The molecule has 1 aliphatic carbocycles. The molecule has 16 heavy (non-hydrogen) atoms. The van der Waals surface area contributed by atoms with E-state index in [1.54, 1.807) is 0 Å². The third-order valence-corrected chi connectivity index (χ3v) is 3.28. The van der Waals surface area contributed by atoms with Crippen molar-refractivity contribution >= 4 is 11.6 Å². The van der Waals surface area contributed by atoms with Gasteiger partial charge in [0.15, 0.2) is 0 Å². The predicted octanol–water partition coefficient (Wildman–Crippen LogP) is 2.50. The van der Waals surface area contributed by atoms with E-state index in [0.717, 1.165) is 5.82 Å². The fourth-order valence-electron chi connectivity index (χ4n) is 2.35. The van der Waals surface area contributed by atoms with Crippen LogP contribution in [0, 0.1) is 0 Å². The molecule has 1 fully saturated rings. The Morgan fingerprint density at radius 2 is 1.88 bits per heavy atom. The van der Waals surface area contributed by atoms with E-state index in [0.29, 0.717) is 5.82 Å². The van der Waals surface area contributed by atoms with Gasteiger partial charge in [0.25, 0.3) is 0 Å². The van der Waals surface area contributed by atoms with E-state index in [9.17, 15) is 0 Å². The second-order valence-corrected chi connectivity index (χ2v) is 4.80. The van der Waals surface area contributed by atoms with Crippen LogP contribution in [0.5, 0.6) is 0 Å². The van der Waals surface area contributed by atoms with Gasteiger partial charge in [0, 0.05) is 5.54 Å². The lowest BCUT2D eigenvalue weighted by Crippen LogP contribution is -2.37. The van der Waals surface area contributed by atoms with Crippen LogP contribution in [0.3, 0.4) is 0 Å². The zero-order valence-corrected chi connectivity index (χ0v) is 9.79. The molecule has 0 radical (unpaired) electrons. The van der Waals surface area contributed by atoms with Gasteiger partial charge in [-0.2, -0.15) is 0 Å². The van der Waals surface area contributed by atoms with Crippen molar-refractivity contribution in [3.8, 4) is 0 Å². The van der Waals surface area contributed by atoms with Crippen LogP contribution in [0.4, 0.5) is 11.6 Å². The average Bonchev–Trinajstić information content (AvgIpc) is 2.29. The monoisotopic (exact) mass is 220 g/mol. The topological polar surface area (TPSA) is 63.0 Å². The minimum absolute atomic E-state index is 0.193. The van der Waals surface area contributed by atoms with E-state index >= 15 is 0 Å². The van der Waals surface area contributed by atoms with Crippen LogP contribution >= 0.6 is 0 Å². The van der Waals surface area contributed by atoms with Crippen molar-refractivity contribution in [1.29, 1.82) is 0 Å². The van der Waals surface area contributed by atoms with Crippen LogP contribution in [0.1, 0.15) is 39.0 Å². The third kappa shape index (κ3) is 2.64. The van der Waals surface area contributed by atoms with Crippen LogP contribution in [0.25, 0.3) is 0 Å². The summed E-state index contributed by atoms with van der Waals surface area (Å²) in [7, 11) is 0. The summed E-state index contributed by atoms with van der Waals surface area (Å²) < 4.78 is 0. The molecule has 1 saturated carbocycles. The summed E-state index contributed by atoms with van der Waals surface area (Å²) in [6, 6.07) is 5.80. The Hall–Kier alpha value is -1.29. The van der Waals surface area contributed by atoms with Gasteiger partial charge in [-0.1, -0.05) is 25.3 Å². The first kappa shape index (κ1) is 11.2. The summed E-state index contributed by atoms with van der Waals surface area (Å²) in [6.07, 6.45) is 6.40. The van der Waals surface area contributed by atoms with E-state index < -0.39 is 0 Å². The quantitative estimate of drug-likeness (QED) is 0.541. The van der Waals surface area contributed by atoms with Crippen molar-refractivity contribution in [3.05, 3.63) is 18.2 Å². The molecule has 0 aliphatic heterocycles. The van der Waals surface area contributed by atoms with Gasteiger partial charge in [-0.25, -0.2) is 10.8 Å². The first-order chi connectivity index (χ1) is 7.72. The highest BCUT2D eigenvalue weighted by atomic mass is 15.3. The van der Waals surface area contributed by atoms with Gasteiger partial charge in [0.2, 0.25) is 0 Å². The standard InChI is InChI=1S/C12H20N4/c1-12(8-3-2-4-9-12)15-10-6-5-7-11(14-10)16-13/h5-7H,2-4,8-9,13H2,1H3,(H2,14,15,16). The Morgan fingerprint density at radius 1 is 1.19 bits per heavy atom. The summed E-state index contributed by atoms with van der Waals surface area (Å²) in [5, 5.41) is 3.53. The highest BCUT2D eigenvalue weighted by Gasteiger charge is 2.26. The maximum atomic E-state index is 5.34. The molecule has 0 atom stereocenters. The Balaban J connectivity index is 2.07. The second-order valence-electron chi connectivity index (χ2n) is 4.80. The smallest absolute Gasteiger partial charge is 0.142 e. The molecule has 4 N–H and O–H groups in total. The summed E-state index contributed by atoms with van der Waals surface area (Å²) in [6.45, 7) is 2.27. The number of aromatic nitrogens is 1. The average molecular weight is 220 g/mol. The summed E-state index contributed by atoms with van der Waals surface area (Å²) in [4.78, 5) is 4.38. The fourth-order valence-corrected chi connectivity index (χ4v) is 2.35. The van der Waals surface area contributed by atoms with E-state index in [2.05, 4.69) is 22.7 Å². The van der Waals surface area contributed by atoms with Crippen LogP contribution in [0.2, 0.25) is 0 Å². The second kappa shape index (κ2) is 4.70. The van der Waals surface area contributed by atoms with Crippen molar-refractivity contribution < 1.29 is 0 Å². The highest BCUT2D eigenvalue weighted by Crippen LogP contribution is 2.30. The van der Waals surface area contributed by atoms with Crippen LogP contribution in [-0.2, 0) is 0 Å². The number of nitrogens with two attached hydrogens (primary N) is 1. The molecule has 0 spiro atoms. The Labute approximate surface area is 96.6 Å². The van der Waals surface area contributed by atoms with Crippen molar-refractivity contribution in [3.63, 3.8) is 0 Å². The van der Waals surface area contributed by atoms with Crippen LogP contribution < -0.4 is 16.6 Å². The number of nitrogens with zero attached hydrogens (tertiary/aromatic N) is 1. The highest BCUT2D eigenvalue weighted by molar-refractivity contribution is 5.45. The first-order valence-corrected chi connectivity index (χ1v) is 5.94. The molecule has 0 saturated heterocycles. The van der Waals surface area contributed by atoms with Gasteiger partial charge < -0.3 is 10.7 Å². The molecule has 1 heterocycles. The molecule has 0 unspecified atom stereocenters. The lowest BCUT2D eigenvalue weighted by Gasteiger charge is -2.35. The number of hydrogen-bond acceptors (Lipinski definition) is 4. The van der Waals surface area contributed by atoms with Crippen molar-refractivity contribution in [2.24, 2.45) is 5.84 Å².